The van der Waals surface area contributed by atoms with E-state index in [1.807, 2.05) is 30.3 Å². The fourth-order valence-corrected chi connectivity index (χ4v) is 3.25. The maximum Gasteiger partial charge on any atom is 0.490 e. The molecule has 0 aliphatic rings. The van der Waals surface area contributed by atoms with Gasteiger partial charge in [-0.3, -0.25) is 10.2 Å². The highest BCUT2D eigenvalue weighted by molar-refractivity contribution is 7.20. The van der Waals surface area contributed by atoms with Gasteiger partial charge < -0.3 is 21.3 Å². The fourth-order valence-electron chi connectivity index (χ4n) is 2.31. The Morgan fingerprint density at radius 2 is 1.67 bits per heavy atom. The van der Waals surface area contributed by atoms with E-state index < -0.39 is 24.2 Å². The molecular formula is C19H16F3N3O4S. The number of fused-ring (bicyclic) bond motifs is 1. The second kappa shape index (κ2) is 9.27. The van der Waals surface area contributed by atoms with Gasteiger partial charge in [-0.1, -0.05) is 36.4 Å². The Morgan fingerprint density at radius 3 is 2.17 bits per heavy atom. The van der Waals surface area contributed by atoms with Crippen molar-refractivity contribution in [2.75, 3.05) is 0 Å². The van der Waals surface area contributed by atoms with Crippen molar-refractivity contribution in [3.8, 4) is 5.75 Å². The maximum absolute atomic E-state index is 11.8. The molecule has 0 bridgehead atoms. The molecular weight excluding hydrogens is 423 g/mol. The highest BCUT2D eigenvalue weighted by Gasteiger charge is 2.38. The number of carboxylic acids is 1. The first kappa shape index (κ1) is 22.7. The number of halogens is 3. The normalized spacial score (nSPS) is 11.8. The van der Waals surface area contributed by atoms with Crippen molar-refractivity contribution >= 4 is 39.1 Å². The average molecular weight is 439 g/mol. The fraction of sp³-hybridized carbons (Fsp3) is 0.105. The van der Waals surface area contributed by atoms with Crippen molar-refractivity contribution in [2.45, 2.75) is 12.3 Å². The first-order valence-electron chi connectivity index (χ1n) is 8.18. The molecule has 3 rings (SSSR count). The molecule has 1 heterocycles. The third kappa shape index (κ3) is 5.70. The largest absolute Gasteiger partial charge is 0.490 e. The zero-order valence-electron chi connectivity index (χ0n) is 15.1. The summed E-state index contributed by atoms with van der Waals surface area (Å²) in [5.74, 6) is -2.77. The number of nitrogens with two attached hydrogens (primary N) is 2. The number of nitrogen functional groups attached to an aromatic ring is 1. The standard InChI is InChI=1S/C17H15N3O2S.C2HF3O2/c18-16(19)14-9-11-12(7-4-8-13(11)23-14)22-15(17(20)21)10-5-2-1-3-6-10;3-2(4,5)1(6)7/h1-9,15H,(H3,18,19)(H2,20,21);(H,6,7). The van der Waals surface area contributed by atoms with E-state index in [0.29, 0.717) is 16.2 Å². The lowest BCUT2D eigenvalue weighted by atomic mass is 10.1. The monoisotopic (exact) mass is 439 g/mol. The minimum absolute atomic E-state index is 0.00617. The minimum Gasteiger partial charge on any atom is -0.475 e. The van der Waals surface area contributed by atoms with Gasteiger partial charge in [-0.2, -0.15) is 13.2 Å². The van der Waals surface area contributed by atoms with E-state index in [2.05, 4.69) is 0 Å². The van der Waals surface area contributed by atoms with Crippen molar-refractivity contribution in [1.82, 2.24) is 0 Å². The highest BCUT2D eigenvalue weighted by atomic mass is 32.1. The topological polar surface area (TPSA) is 139 Å². The molecule has 1 atom stereocenters. The summed E-state index contributed by atoms with van der Waals surface area (Å²) in [6.07, 6.45) is -5.96. The molecule has 1 aromatic heterocycles. The van der Waals surface area contributed by atoms with E-state index in [4.69, 9.17) is 31.5 Å². The van der Waals surface area contributed by atoms with Gasteiger partial charge in [-0.15, -0.1) is 11.3 Å². The van der Waals surface area contributed by atoms with E-state index in [1.165, 1.54) is 11.3 Å². The van der Waals surface area contributed by atoms with E-state index in [0.717, 1.165) is 10.1 Å². The van der Waals surface area contributed by atoms with Gasteiger partial charge in [0.05, 0.1) is 4.88 Å². The number of carbonyl (C=O) groups excluding carboxylic acids is 1. The summed E-state index contributed by atoms with van der Waals surface area (Å²) in [6, 6.07) is 16.4. The Bertz CT molecular complexity index is 1070. The van der Waals surface area contributed by atoms with Gasteiger partial charge in [0.25, 0.3) is 5.91 Å². The van der Waals surface area contributed by atoms with Crippen LogP contribution in [0.4, 0.5) is 13.2 Å². The smallest absolute Gasteiger partial charge is 0.475 e. The molecule has 11 heteroatoms. The molecule has 0 saturated heterocycles. The summed E-state index contributed by atoms with van der Waals surface area (Å²) >= 11 is 1.41. The zero-order valence-corrected chi connectivity index (χ0v) is 16.0. The van der Waals surface area contributed by atoms with E-state index in [9.17, 15) is 18.0 Å². The Hall–Kier alpha value is -3.60. The van der Waals surface area contributed by atoms with Crippen molar-refractivity contribution in [2.24, 2.45) is 11.5 Å². The number of rotatable bonds is 5. The number of primary amides is 1. The lowest BCUT2D eigenvalue weighted by molar-refractivity contribution is -0.192. The van der Waals surface area contributed by atoms with Crippen molar-refractivity contribution in [1.29, 1.82) is 5.41 Å². The molecule has 0 saturated carbocycles. The molecule has 0 aliphatic carbocycles. The molecule has 2 aromatic carbocycles. The van der Waals surface area contributed by atoms with Crippen LogP contribution in [-0.2, 0) is 9.59 Å². The Morgan fingerprint density at radius 1 is 1.07 bits per heavy atom. The first-order valence-corrected chi connectivity index (χ1v) is 9.00. The number of hydrogen-bond donors (Lipinski definition) is 4. The number of carbonyl (C=O) groups is 2. The van der Waals surface area contributed by atoms with E-state index in [1.54, 1.807) is 24.3 Å². The van der Waals surface area contributed by atoms with Gasteiger partial charge in [-0.25, -0.2) is 4.79 Å². The van der Waals surface area contributed by atoms with Crippen LogP contribution < -0.4 is 16.2 Å². The maximum atomic E-state index is 11.8. The number of hydrogen-bond acceptors (Lipinski definition) is 5. The van der Waals surface area contributed by atoms with Gasteiger partial charge in [-0.05, 0) is 18.2 Å². The quantitative estimate of drug-likeness (QED) is 0.356. The molecule has 3 aromatic rings. The van der Waals surface area contributed by atoms with Gasteiger partial charge in [0.1, 0.15) is 11.6 Å². The third-order valence-electron chi connectivity index (χ3n) is 3.63. The summed E-state index contributed by atoms with van der Waals surface area (Å²) in [4.78, 5) is 21.4. The highest BCUT2D eigenvalue weighted by Crippen LogP contribution is 2.35. The summed E-state index contributed by atoms with van der Waals surface area (Å²) in [7, 11) is 0. The summed E-state index contributed by atoms with van der Waals surface area (Å²) in [6.45, 7) is 0. The number of thiophene rings is 1. The van der Waals surface area contributed by atoms with Crippen LogP contribution in [0.2, 0.25) is 0 Å². The van der Waals surface area contributed by atoms with Crippen LogP contribution in [0.1, 0.15) is 16.5 Å². The number of nitrogens with one attached hydrogen (secondary N) is 1. The first-order chi connectivity index (χ1) is 14.0. The van der Waals surface area contributed by atoms with Crippen LogP contribution in [0.25, 0.3) is 10.1 Å². The van der Waals surface area contributed by atoms with Gasteiger partial charge in [0.15, 0.2) is 0 Å². The van der Waals surface area contributed by atoms with Crippen LogP contribution in [0.5, 0.6) is 5.75 Å². The molecule has 0 fully saturated rings. The SMILES string of the molecule is N=C(N)c1cc2c(OC(C(N)=O)c3ccccc3)cccc2s1.O=C(O)C(F)(F)F. The second-order valence-corrected chi connectivity index (χ2v) is 6.89. The Labute approximate surface area is 172 Å². The molecule has 1 amide bonds. The van der Waals surface area contributed by atoms with Crippen LogP contribution in [0, 0.1) is 5.41 Å². The number of carboxylic acid groups (broad SMARTS) is 1. The molecule has 7 nitrogen and oxygen atoms in total. The van der Waals surface area contributed by atoms with Gasteiger partial charge in [0, 0.05) is 15.6 Å². The second-order valence-electron chi connectivity index (χ2n) is 5.81. The molecule has 158 valence electrons. The van der Waals surface area contributed by atoms with Gasteiger partial charge >= 0.3 is 12.1 Å². The van der Waals surface area contributed by atoms with Crippen molar-refractivity contribution < 1.29 is 32.6 Å². The number of alkyl halides is 3. The van der Waals surface area contributed by atoms with Crippen LogP contribution in [0.3, 0.4) is 0 Å². The number of amides is 1. The summed E-state index contributed by atoms with van der Waals surface area (Å²) in [5, 5.41) is 15.5. The summed E-state index contributed by atoms with van der Waals surface area (Å²) < 4.78 is 38.6. The lowest BCUT2D eigenvalue weighted by Crippen LogP contribution is -2.26. The molecule has 0 aliphatic heterocycles. The number of benzene rings is 2. The predicted molar refractivity (Wildman–Crippen MR) is 106 cm³/mol. The number of ether oxygens (including phenoxy) is 1. The van der Waals surface area contributed by atoms with Crippen LogP contribution >= 0.6 is 11.3 Å². The molecule has 1 unspecified atom stereocenters. The predicted octanol–water partition coefficient (Wildman–Crippen LogP) is 3.42. The molecule has 30 heavy (non-hydrogen) atoms. The van der Waals surface area contributed by atoms with E-state index in [-0.39, 0.29) is 5.84 Å². The molecule has 0 radical (unpaired) electrons. The number of amidine groups is 1. The van der Waals surface area contributed by atoms with Gasteiger partial charge in [0.2, 0.25) is 6.10 Å². The lowest BCUT2D eigenvalue weighted by Gasteiger charge is -2.17. The third-order valence-corrected chi connectivity index (χ3v) is 4.77. The average Bonchev–Trinajstić information content (AvgIpc) is 3.11. The minimum atomic E-state index is -5.08. The van der Waals surface area contributed by atoms with Crippen molar-refractivity contribution in [3.05, 3.63) is 65.0 Å². The Kier molecular flexibility index (Phi) is 7.01. The number of aliphatic carboxylic acids is 1. The summed E-state index contributed by atoms with van der Waals surface area (Å²) in [5.41, 5.74) is 11.7. The van der Waals surface area contributed by atoms with Crippen molar-refractivity contribution in [3.63, 3.8) is 0 Å². The van der Waals surface area contributed by atoms with Crippen LogP contribution in [-0.4, -0.2) is 29.0 Å². The molecule has 0 spiro atoms. The van der Waals surface area contributed by atoms with E-state index >= 15 is 0 Å². The zero-order chi connectivity index (χ0) is 22.5. The van der Waals surface area contributed by atoms with Crippen LogP contribution in [0.15, 0.2) is 54.6 Å². The Balaban J connectivity index is 0.000000396. The molecule has 6 N–H and O–H groups in total.